The Bertz CT molecular complexity index is 734. The van der Waals surface area contributed by atoms with Crippen LogP contribution in [-0.4, -0.2) is 39.0 Å². The fourth-order valence-corrected chi connectivity index (χ4v) is 1.73. The van der Waals surface area contributed by atoms with Gasteiger partial charge >= 0.3 is 11.9 Å². The zero-order chi connectivity index (χ0) is 20.1. The van der Waals surface area contributed by atoms with Crippen LogP contribution in [0.4, 0.5) is 0 Å². The zero-order valence-electron chi connectivity index (χ0n) is 14.3. The van der Waals surface area contributed by atoms with Crippen molar-refractivity contribution < 1.29 is 34.4 Å². The van der Waals surface area contributed by atoms with E-state index in [0.717, 1.165) is 0 Å². The van der Waals surface area contributed by atoms with Gasteiger partial charge in [0, 0.05) is 0 Å². The Labute approximate surface area is 155 Å². The number of carboxylic acids is 2. The van der Waals surface area contributed by atoms with Gasteiger partial charge in [-0.1, -0.05) is 36.4 Å². The van der Waals surface area contributed by atoms with E-state index < -0.39 is 18.0 Å². The molecule has 0 fully saturated rings. The van der Waals surface area contributed by atoms with Gasteiger partial charge in [-0.3, -0.25) is 0 Å². The molecule has 142 valence electrons. The average Bonchev–Trinajstić information content (AvgIpc) is 3.24. The van der Waals surface area contributed by atoms with Crippen LogP contribution in [0.15, 0.2) is 83.5 Å². The lowest BCUT2D eigenvalue weighted by atomic mass is 10.2. The van der Waals surface area contributed by atoms with Crippen molar-refractivity contribution in [3.05, 3.63) is 95.9 Å². The van der Waals surface area contributed by atoms with Crippen LogP contribution < -0.4 is 0 Å². The van der Waals surface area contributed by atoms with Crippen molar-refractivity contribution in [2.24, 2.45) is 0 Å². The van der Waals surface area contributed by atoms with Crippen LogP contribution in [0.3, 0.4) is 0 Å². The summed E-state index contributed by atoms with van der Waals surface area (Å²) in [6, 6.07) is 19.9. The van der Waals surface area contributed by atoms with Crippen LogP contribution in [-0.2, 0) is 0 Å². The highest BCUT2D eigenvalue weighted by Crippen LogP contribution is 2.10. The maximum Gasteiger partial charge on any atom is 0.335 e. The summed E-state index contributed by atoms with van der Waals surface area (Å²) in [6.45, 7) is -0.298. The van der Waals surface area contributed by atoms with Crippen molar-refractivity contribution in [1.29, 1.82) is 0 Å². The summed E-state index contributed by atoms with van der Waals surface area (Å²) in [5.41, 5.74) is 0.662. The molecular formula is C20H20O7. The molecule has 27 heavy (non-hydrogen) atoms. The minimum absolute atomic E-state index is 0.298. The highest BCUT2D eigenvalue weighted by Gasteiger charge is 2.06. The quantitative estimate of drug-likeness (QED) is 0.554. The number of hydrogen-bond acceptors (Lipinski definition) is 5. The smallest absolute Gasteiger partial charge is 0.335 e. The number of hydrogen-bond donors (Lipinski definition) is 4. The maximum atomic E-state index is 10.2. The first-order valence-corrected chi connectivity index (χ1v) is 7.84. The SMILES string of the molecule is O=C(O)c1ccccc1.O=C(O)c1ccccc1.OC[C@@H](O)c1ccco1. The summed E-state index contributed by atoms with van der Waals surface area (Å²) in [5, 5.41) is 34.0. The van der Waals surface area contributed by atoms with Crippen molar-refractivity contribution in [2.75, 3.05) is 6.61 Å². The normalized spacial score (nSPS) is 10.4. The highest BCUT2D eigenvalue weighted by molar-refractivity contribution is 5.87. The number of furan rings is 1. The van der Waals surface area contributed by atoms with E-state index in [4.69, 9.17) is 24.8 Å². The fourth-order valence-electron chi connectivity index (χ4n) is 1.73. The summed E-state index contributed by atoms with van der Waals surface area (Å²) in [5.74, 6) is -1.36. The molecule has 3 rings (SSSR count). The Hall–Kier alpha value is -3.42. The van der Waals surface area contributed by atoms with E-state index in [1.165, 1.54) is 6.26 Å². The van der Waals surface area contributed by atoms with E-state index in [0.29, 0.717) is 16.9 Å². The van der Waals surface area contributed by atoms with Crippen molar-refractivity contribution in [3.63, 3.8) is 0 Å². The second-order valence-electron chi connectivity index (χ2n) is 5.06. The molecular weight excluding hydrogens is 352 g/mol. The third-order valence-corrected chi connectivity index (χ3v) is 3.09. The van der Waals surface area contributed by atoms with E-state index in [-0.39, 0.29) is 6.61 Å². The van der Waals surface area contributed by atoms with Crippen LogP contribution in [0, 0.1) is 0 Å². The minimum atomic E-state index is -0.879. The van der Waals surface area contributed by atoms with E-state index >= 15 is 0 Å². The van der Waals surface area contributed by atoms with Gasteiger partial charge < -0.3 is 24.8 Å². The van der Waals surface area contributed by atoms with Gasteiger partial charge in [0.05, 0.1) is 24.0 Å². The summed E-state index contributed by atoms with van der Waals surface area (Å²) in [4.78, 5) is 20.4. The molecule has 0 aliphatic carbocycles. The molecule has 1 heterocycles. The Morgan fingerprint density at radius 2 is 1.22 bits per heavy atom. The molecule has 1 aromatic heterocycles. The molecule has 0 unspecified atom stereocenters. The zero-order valence-corrected chi connectivity index (χ0v) is 14.3. The second-order valence-corrected chi connectivity index (χ2v) is 5.06. The minimum Gasteiger partial charge on any atom is -0.478 e. The van der Waals surface area contributed by atoms with Crippen molar-refractivity contribution >= 4 is 11.9 Å². The number of aliphatic hydroxyl groups is 2. The lowest BCUT2D eigenvalue weighted by Crippen LogP contribution is -1.99. The molecule has 0 saturated heterocycles. The molecule has 0 bridgehead atoms. The van der Waals surface area contributed by atoms with Gasteiger partial charge in [0.25, 0.3) is 0 Å². The summed E-state index contributed by atoms with van der Waals surface area (Å²) in [6.07, 6.45) is 0.578. The van der Waals surface area contributed by atoms with Crippen molar-refractivity contribution in [2.45, 2.75) is 6.10 Å². The first-order chi connectivity index (χ1) is 13.0. The predicted molar refractivity (Wildman–Crippen MR) is 97.6 cm³/mol. The van der Waals surface area contributed by atoms with Gasteiger partial charge in [-0.25, -0.2) is 9.59 Å². The number of carbonyl (C=O) groups is 2. The van der Waals surface area contributed by atoms with Gasteiger partial charge in [-0.15, -0.1) is 0 Å². The maximum absolute atomic E-state index is 10.2. The second kappa shape index (κ2) is 12.0. The third kappa shape index (κ3) is 8.48. The third-order valence-electron chi connectivity index (χ3n) is 3.09. The molecule has 0 saturated carbocycles. The molecule has 0 spiro atoms. The fraction of sp³-hybridized carbons (Fsp3) is 0.100. The van der Waals surface area contributed by atoms with Crippen LogP contribution in [0.2, 0.25) is 0 Å². The van der Waals surface area contributed by atoms with Crippen LogP contribution in [0.25, 0.3) is 0 Å². The molecule has 2 aromatic carbocycles. The molecule has 3 aromatic rings. The molecule has 0 amide bonds. The average molecular weight is 372 g/mol. The highest BCUT2D eigenvalue weighted by atomic mass is 16.4. The number of aliphatic hydroxyl groups excluding tert-OH is 2. The van der Waals surface area contributed by atoms with Gasteiger partial charge in [-0.2, -0.15) is 0 Å². The lowest BCUT2D eigenvalue weighted by Gasteiger charge is -1.99. The number of aromatic carboxylic acids is 2. The van der Waals surface area contributed by atoms with Crippen LogP contribution in [0.1, 0.15) is 32.6 Å². The first-order valence-electron chi connectivity index (χ1n) is 7.84. The molecule has 4 N–H and O–H groups in total. The Balaban J connectivity index is 0.000000202. The number of rotatable bonds is 4. The van der Waals surface area contributed by atoms with Crippen LogP contribution in [0.5, 0.6) is 0 Å². The van der Waals surface area contributed by atoms with E-state index in [9.17, 15) is 9.59 Å². The number of carboxylic acid groups (broad SMARTS) is 2. The van der Waals surface area contributed by atoms with Crippen molar-refractivity contribution in [1.82, 2.24) is 0 Å². The van der Waals surface area contributed by atoms with Crippen molar-refractivity contribution in [3.8, 4) is 0 Å². The summed E-state index contributed by atoms with van der Waals surface area (Å²) < 4.78 is 4.78. The van der Waals surface area contributed by atoms with Crippen LogP contribution >= 0.6 is 0 Å². The largest absolute Gasteiger partial charge is 0.478 e. The molecule has 0 aliphatic heterocycles. The summed E-state index contributed by atoms with van der Waals surface area (Å²) in [7, 11) is 0. The molecule has 1 atom stereocenters. The number of benzene rings is 2. The van der Waals surface area contributed by atoms with Gasteiger partial charge in [-0.05, 0) is 36.4 Å². The van der Waals surface area contributed by atoms with E-state index in [2.05, 4.69) is 0 Å². The topological polar surface area (TPSA) is 128 Å². The molecule has 7 heteroatoms. The molecule has 0 radical (unpaired) electrons. The van der Waals surface area contributed by atoms with E-state index in [1.54, 1.807) is 72.8 Å². The Morgan fingerprint density at radius 1 is 0.778 bits per heavy atom. The van der Waals surface area contributed by atoms with Gasteiger partial charge in [0.2, 0.25) is 0 Å². The Morgan fingerprint density at radius 3 is 1.48 bits per heavy atom. The molecule has 7 nitrogen and oxygen atoms in total. The monoisotopic (exact) mass is 372 g/mol. The molecule has 0 aliphatic rings. The predicted octanol–water partition coefficient (Wildman–Crippen LogP) is 3.07. The lowest BCUT2D eigenvalue weighted by molar-refractivity contribution is 0.0686. The standard InChI is InChI=1S/2C7H6O2.C6H8O3/c2*8-7(9)6-4-2-1-3-5-6;7-4-5(8)6-2-1-3-9-6/h2*1-5H,(H,8,9);1-3,5,7-8H,4H2/t;;5-/m..1/s1. The van der Waals surface area contributed by atoms with Gasteiger partial charge in [0.1, 0.15) is 11.9 Å². The van der Waals surface area contributed by atoms with E-state index in [1.807, 2.05) is 0 Å². The summed E-state index contributed by atoms with van der Waals surface area (Å²) >= 11 is 0. The Kier molecular flexibility index (Phi) is 9.62. The van der Waals surface area contributed by atoms with Gasteiger partial charge in [0.15, 0.2) is 0 Å². The first kappa shape index (κ1) is 21.6.